The molecule has 2 aromatic carbocycles. The molecule has 0 saturated heterocycles. The zero-order chi connectivity index (χ0) is 20.3. The van der Waals surface area contributed by atoms with E-state index in [0.29, 0.717) is 18.9 Å². The summed E-state index contributed by atoms with van der Waals surface area (Å²) >= 11 is 0. The Hall–Kier alpha value is -2.75. The Morgan fingerprint density at radius 2 is 1.79 bits per heavy atom. The van der Waals surface area contributed by atoms with Crippen molar-refractivity contribution in [3.8, 4) is 11.5 Å². The standard InChI is InChI=1S/C25H31NO3/c1-2-3-4-5-6-7-8-12-15-25(27)29-23-16-17-24-21(18-23)19-26(20-28-24)22-13-10-9-11-14-22/h2,9-11,13-14,16-18H,1,3-8,12,15,19-20H2. The Balaban J connectivity index is 1.43. The van der Waals surface area contributed by atoms with Gasteiger partial charge in [0, 0.05) is 24.2 Å². The molecule has 0 N–H and O–H groups in total. The molecule has 2 aromatic rings. The first kappa shape index (κ1) is 21.0. The lowest BCUT2D eigenvalue weighted by atomic mass is 10.1. The maximum atomic E-state index is 12.2. The average Bonchev–Trinajstić information content (AvgIpc) is 2.75. The zero-order valence-corrected chi connectivity index (χ0v) is 17.1. The predicted octanol–water partition coefficient (Wildman–Crippen LogP) is 6.26. The van der Waals surface area contributed by atoms with Crippen LogP contribution in [0.3, 0.4) is 0 Å². The molecule has 4 nitrogen and oxygen atoms in total. The predicted molar refractivity (Wildman–Crippen MR) is 117 cm³/mol. The number of hydrogen-bond acceptors (Lipinski definition) is 4. The minimum atomic E-state index is -0.159. The molecule has 3 rings (SSSR count). The number of benzene rings is 2. The van der Waals surface area contributed by atoms with Crippen molar-refractivity contribution in [2.45, 2.75) is 57.9 Å². The van der Waals surface area contributed by atoms with Crippen molar-refractivity contribution in [1.82, 2.24) is 0 Å². The second-order valence-electron chi connectivity index (χ2n) is 7.50. The van der Waals surface area contributed by atoms with Gasteiger partial charge >= 0.3 is 5.97 Å². The number of hydrogen-bond donors (Lipinski definition) is 0. The third kappa shape index (κ3) is 6.67. The van der Waals surface area contributed by atoms with Crippen LogP contribution in [-0.4, -0.2) is 12.7 Å². The van der Waals surface area contributed by atoms with Crippen molar-refractivity contribution in [3.05, 3.63) is 66.7 Å². The van der Waals surface area contributed by atoms with Gasteiger partial charge in [0.15, 0.2) is 6.73 Å². The number of anilines is 1. The van der Waals surface area contributed by atoms with Crippen LogP contribution in [0, 0.1) is 0 Å². The molecule has 0 bridgehead atoms. The lowest BCUT2D eigenvalue weighted by molar-refractivity contribution is -0.134. The number of unbranched alkanes of at least 4 members (excludes halogenated alkanes) is 6. The van der Waals surface area contributed by atoms with Crippen molar-refractivity contribution in [3.63, 3.8) is 0 Å². The molecule has 0 radical (unpaired) electrons. The SMILES string of the molecule is C=CCCCCCCCCC(=O)Oc1ccc2c(c1)CN(c1ccccc1)CO2. The smallest absolute Gasteiger partial charge is 0.311 e. The molecule has 0 aliphatic carbocycles. The summed E-state index contributed by atoms with van der Waals surface area (Å²) in [6, 6.07) is 15.8. The first-order valence-corrected chi connectivity index (χ1v) is 10.6. The molecule has 1 heterocycles. The highest BCUT2D eigenvalue weighted by Gasteiger charge is 2.18. The lowest BCUT2D eigenvalue weighted by Crippen LogP contribution is -2.31. The van der Waals surface area contributed by atoms with Crippen LogP contribution in [0.4, 0.5) is 5.69 Å². The first-order chi connectivity index (χ1) is 14.3. The van der Waals surface area contributed by atoms with Gasteiger partial charge in [-0.2, -0.15) is 0 Å². The molecule has 154 valence electrons. The van der Waals surface area contributed by atoms with Crippen molar-refractivity contribution in [1.29, 1.82) is 0 Å². The highest BCUT2D eigenvalue weighted by Crippen LogP contribution is 2.31. The first-order valence-electron chi connectivity index (χ1n) is 10.6. The third-order valence-corrected chi connectivity index (χ3v) is 5.16. The fraction of sp³-hybridized carbons (Fsp3) is 0.400. The van der Waals surface area contributed by atoms with Gasteiger partial charge in [0.1, 0.15) is 11.5 Å². The van der Waals surface area contributed by atoms with E-state index >= 15 is 0 Å². The summed E-state index contributed by atoms with van der Waals surface area (Å²) in [5, 5.41) is 0. The number of esters is 1. The van der Waals surface area contributed by atoms with Crippen LogP contribution in [-0.2, 0) is 11.3 Å². The highest BCUT2D eigenvalue weighted by molar-refractivity contribution is 5.72. The fourth-order valence-electron chi connectivity index (χ4n) is 3.53. The summed E-state index contributed by atoms with van der Waals surface area (Å²) in [7, 11) is 0. The van der Waals surface area contributed by atoms with Crippen LogP contribution in [0.2, 0.25) is 0 Å². The number of nitrogens with zero attached hydrogens (tertiary/aromatic N) is 1. The van der Waals surface area contributed by atoms with Crippen molar-refractivity contribution in [2.24, 2.45) is 0 Å². The Kier molecular flexibility index (Phi) is 8.17. The summed E-state index contributed by atoms with van der Waals surface area (Å²) in [4.78, 5) is 14.3. The lowest BCUT2D eigenvalue weighted by Gasteiger charge is -2.30. The molecule has 0 fully saturated rings. The molecular weight excluding hydrogens is 362 g/mol. The normalized spacial score (nSPS) is 12.8. The number of allylic oxidation sites excluding steroid dienone is 1. The maximum Gasteiger partial charge on any atom is 0.311 e. The molecule has 0 unspecified atom stereocenters. The van der Waals surface area contributed by atoms with E-state index in [1.807, 2.05) is 42.5 Å². The fourth-order valence-corrected chi connectivity index (χ4v) is 3.53. The second kappa shape index (κ2) is 11.3. The summed E-state index contributed by atoms with van der Waals surface area (Å²) in [6.07, 6.45) is 10.4. The van der Waals surface area contributed by atoms with Gasteiger partial charge in [0.2, 0.25) is 0 Å². The van der Waals surface area contributed by atoms with Crippen LogP contribution in [0.5, 0.6) is 11.5 Å². The van der Waals surface area contributed by atoms with E-state index in [4.69, 9.17) is 9.47 Å². The number of para-hydroxylation sites is 1. The van der Waals surface area contributed by atoms with Crippen LogP contribution in [0.15, 0.2) is 61.2 Å². The van der Waals surface area contributed by atoms with E-state index in [-0.39, 0.29) is 5.97 Å². The number of fused-ring (bicyclic) bond motifs is 1. The zero-order valence-electron chi connectivity index (χ0n) is 17.1. The van der Waals surface area contributed by atoms with Crippen molar-refractivity contribution >= 4 is 11.7 Å². The summed E-state index contributed by atoms with van der Waals surface area (Å²) < 4.78 is 11.4. The molecule has 29 heavy (non-hydrogen) atoms. The van der Waals surface area contributed by atoms with Gasteiger partial charge in [-0.3, -0.25) is 4.79 Å². The number of ether oxygens (including phenoxy) is 2. The molecule has 0 atom stereocenters. The third-order valence-electron chi connectivity index (χ3n) is 5.16. The van der Waals surface area contributed by atoms with E-state index in [9.17, 15) is 4.79 Å². The molecule has 0 aromatic heterocycles. The quantitative estimate of drug-likeness (QED) is 0.196. The number of carbonyl (C=O) groups is 1. The summed E-state index contributed by atoms with van der Waals surface area (Å²) in [5.41, 5.74) is 2.15. The van der Waals surface area contributed by atoms with Crippen molar-refractivity contribution < 1.29 is 14.3 Å². The second-order valence-corrected chi connectivity index (χ2v) is 7.50. The Bertz CT molecular complexity index is 788. The van der Waals surface area contributed by atoms with E-state index in [1.165, 1.54) is 25.7 Å². The van der Waals surface area contributed by atoms with Gasteiger partial charge in [0.05, 0.1) is 0 Å². The monoisotopic (exact) mass is 393 g/mol. The van der Waals surface area contributed by atoms with Gasteiger partial charge in [-0.15, -0.1) is 6.58 Å². The van der Waals surface area contributed by atoms with Gasteiger partial charge in [-0.25, -0.2) is 0 Å². The molecule has 4 heteroatoms. The van der Waals surface area contributed by atoms with E-state index < -0.39 is 0 Å². The van der Waals surface area contributed by atoms with Gasteiger partial charge in [-0.1, -0.05) is 50.0 Å². The maximum absolute atomic E-state index is 12.2. The molecule has 0 saturated carbocycles. The highest BCUT2D eigenvalue weighted by atomic mass is 16.5. The van der Waals surface area contributed by atoms with E-state index in [0.717, 1.165) is 42.8 Å². The minimum Gasteiger partial charge on any atom is -0.473 e. The molecule has 0 spiro atoms. The Labute approximate surface area is 174 Å². The van der Waals surface area contributed by atoms with E-state index in [2.05, 4.69) is 23.6 Å². The Morgan fingerprint density at radius 3 is 2.59 bits per heavy atom. The van der Waals surface area contributed by atoms with Gasteiger partial charge in [0.25, 0.3) is 0 Å². The minimum absolute atomic E-state index is 0.159. The summed E-state index contributed by atoms with van der Waals surface area (Å²) in [5.74, 6) is 1.29. The molecule has 1 aliphatic heterocycles. The average molecular weight is 394 g/mol. The van der Waals surface area contributed by atoms with Crippen LogP contribution < -0.4 is 14.4 Å². The number of rotatable bonds is 11. The van der Waals surface area contributed by atoms with Crippen molar-refractivity contribution in [2.75, 3.05) is 11.6 Å². The van der Waals surface area contributed by atoms with Gasteiger partial charge < -0.3 is 14.4 Å². The van der Waals surface area contributed by atoms with Crippen LogP contribution >= 0.6 is 0 Å². The molecule has 1 aliphatic rings. The Morgan fingerprint density at radius 1 is 1.03 bits per heavy atom. The van der Waals surface area contributed by atoms with Gasteiger partial charge in [-0.05, 0) is 49.6 Å². The molecular formula is C25H31NO3. The van der Waals surface area contributed by atoms with E-state index in [1.54, 1.807) is 0 Å². The topological polar surface area (TPSA) is 38.8 Å². The largest absolute Gasteiger partial charge is 0.473 e. The van der Waals surface area contributed by atoms with Crippen LogP contribution in [0.25, 0.3) is 0 Å². The molecule has 0 amide bonds. The summed E-state index contributed by atoms with van der Waals surface area (Å²) in [6.45, 7) is 4.99. The van der Waals surface area contributed by atoms with Crippen LogP contribution in [0.1, 0.15) is 56.9 Å². The number of carbonyl (C=O) groups excluding carboxylic acids is 1.